The Balaban J connectivity index is 1.14. The molecule has 0 spiro atoms. The maximum Gasteiger partial charge on any atom is 0.417 e. The van der Waals surface area contributed by atoms with Crippen molar-refractivity contribution in [2.75, 3.05) is 37.6 Å². The number of ether oxygens (including phenoxy) is 1. The molecule has 8 nitrogen and oxygen atoms in total. The average Bonchev–Trinajstić information content (AvgIpc) is 3.43. The number of halogens is 3. The molecule has 0 radical (unpaired) electrons. The van der Waals surface area contributed by atoms with E-state index < -0.39 is 23.7 Å². The third kappa shape index (κ3) is 5.23. The van der Waals surface area contributed by atoms with Gasteiger partial charge in [-0.25, -0.2) is 4.79 Å². The first-order valence-corrected chi connectivity index (χ1v) is 11.5. The van der Waals surface area contributed by atoms with Gasteiger partial charge in [-0.05, 0) is 41.7 Å². The van der Waals surface area contributed by atoms with Crippen LogP contribution in [0.2, 0.25) is 0 Å². The van der Waals surface area contributed by atoms with Crippen LogP contribution < -0.4 is 15.0 Å². The highest BCUT2D eigenvalue weighted by molar-refractivity contribution is 5.96. The Morgan fingerprint density at radius 2 is 1.71 bits per heavy atom. The monoisotopic (exact) mass is 487 g/mol. The highest BCUT2D eigenvalue weighted by Crippen LogP contribution is 2.35. The zero-order valence-electron chi connectivity index (χ0n) is 18.8. The Morgan fingerprint density at radius 1 is 1.00 bits per heavy atom. The zero-order valence-corrected chi connectivity index (χ0v) is 18.8. The maximum absolute atomic E-state index is 13.3. The van der Waals surface area contributed by atoms with E-state index in [4.69, 9.17) is 4.74 Å². The first-order chi connectivity index (χ1) is 16.8. The van der Waals surface area contributed by atoms with E-state index in [1.165, 1.54) is 35.9 Å². The van der Waals surface area contributed by atoms with Crippen molar-refractivity contribution in [1.82, 2.24) is 20.4 Å². The van der Waals surface area contributed by atoms with Gasteiger partial charge >= 0.3 is 12.3 Å². The molecule has 2 aromatic rings. The number of nitrogens with one attached hydrogen (secondary N) is 1. The summed E-state index contributed by atoms with van der Waals surface area (Å²) in [5.41, 5.74) is 0.712. The van der Waals surface area contributed by atoms with Gasteiger partial charge in [0.1, 0.15) is 0 Å². The van der Waals surface area contributed by atoms with Gasteiger partial charge in [0.25, 0.3) is 5.91 Å². The van der Waals surface area contributed by atoms with E-state index >= 15 is 0 Å². The molecule has 5 rings (SSSR count). The largest absolute Gasteiger partial charge is 0.417 e. The molecule has 2 amide bonds. The van der Waals surface area contributed by atoms with Crippen LogP contribution in [-0.4, -0.2) is 59.8 Å². The molecule has 0 atom stereocenters. The summed E-state index contributed by atoms with van der Waals surface area (Å²) in [6, 6.07) is 8.12. The summed E-state index contributed by atoms with van der Waals surface area (Å²) >= 11 is 0. The van der Waals surface area contributed by atoms with Crippen LogP contribution in [0.5, 0.6) is 5.88 Å². The van der Waals surface area contributed by atoms with Crippen LogP contribution in [0, 0.1) is 5.92 Å². The number of nitrogens with zero attached hydrogens (tertiary/aromatic N) is 4. The Hall–Kier alpha value is -3.63. The predicted octanol–water partition coefficient (Wildman–Crippen LogP) is 3.66. The number of amides is 2. The molecule has 1 aromatic carbocycles. The van der Waals surface area contributed by atoms with Crippen molar-refractivity contribution in [3.8, 4) is 5.88 Å². The fourth-order valence-corrected chi connectivity index (χ4v) is 4.43. The van der Waals surface area contributed by atoms with Crippen LogP contribution >= 0.6 is 0 Å². The predicted molar refractivity (Wildman–Crippen MR) is 120 cm³/mol. The number of alkyl halides is 3. The van der Waals surface area contributed by atoms with E-state index in [-0.39, 0.29) is 24.5 Å². The highest BCUT2D eigenvalue weighted by Gasteiger charge is 2.38. The number of carbonyl (C=O) groups excluding carboxylic acids is 2. The van der Waals surface area contributed by atoms with Gasteiger partial charge in [0.15, 0.2) is 5.82 Å². The Labute approximate surface area is 199 Å². The zero-order chi connectivity index (χ0) is 24.6. The van der Waals surface area contributed by atoms with Gasteiger partial charge in [0, 0.05) is 38.8 Å². The SMILES string of the molecule is O=C(NCCC1CC1)Oc1ccc(N2CC3=C(CN(C(=O)c4ccccc4C(F)(F)F)C3)C2)nn1. The maximum atomic E-state index is 13.3. The van der Waals surface area contributed by atoms with E-state index in [1.54, 1.807) is 12.1 Å². The van der Waals surface area contributed by atoms with Crippen LogP contribution in [0.15, 0.2) is 47.5 Å². The van der Waals surface area contributed by atoms with Crippen molar-refractivity contribution in [3.63, 3.8) is 0 Å². The van der Waals surface area contributed by atoms with Crippen molar-refractivity contribution in [2.45, 2.75) is 25.4 Å². The normalized spacial score (nSPS) is 17.6. The van der Waals surface area contributed by atoms with Gasteiger partial charge in [0.05, 0.1) is 11.1 Å². The lowest BCUT2D eigenvalue weighted by atomic mass is 10.1. The summed E-state index contributed by atoms with van der Waals surface area (Å²) in [5, 5.41) is 10.8. The molecule has 35 heavy (non-hydrogen) atoms. The first-order valence-electron chi connectivity index (χ1n) is 11.5. The fourth-order valence-electron chi connectivity index (χ4n) is 4.43. The Morgan fingerprint density at radius 3 is 2.34 bits per heavy atom. The molecule has 1 N–H and O–H groups in total. The molecule has 1 aliphatic carbocycles. The summed E-state index contributed by atoms with van der Waals surface area (Å²) < 4.78 is 45.1. The second-order valence-corrected chi connectivity index (χ2v) is 9.05. The minimum atomic E-state index is -4.59. The van der Waals surface area contributed by atoms with Crippen molar-refractivity contribution in [2.24, 2.45) is 5.92 Å². The molecule has 1 aromatic heterocycles. The van der Waals surface area contributed by atoms with Crippen molar-refractivity contribution < 1.29 is 27.5 Å². The van der Waals surface area contributed by atoms with E-state index in [9.17, 15) is 22.8 Å². The lowest BCUT2D eigenvalue weighted by molar-refractivity contribution is -0.138. The lowest BCUT2D eigenvalue weighted by Gasteiger charge is -2.24. The summed E-state index contributed by atoms with van der Waals surface area (Å²) in [4.78, 5) is 28.1. The van der Waals surface area contributed by atoms with E-state index in [2.05, 4.69) is 15.5 Å². The number of anilines is 1. The van der Waals surface area contributed by atoms with Gasteiger partial charge < -0.3 is 19.9 Å². The number of hydrogen-bond acceptors (Lipinski definition) is 6. The van der Waals surface area contributed by atoms with Gasteiger partial charge in [-0.15, -0.1) is 10.2 Å². The topological polar surface area (TPSA) is 87.7 Å². The summed E-state index contributed by atoms with van der Waals surface area (Å²) in [7, 11) is 0. The second kappa shape index (κ2) is 9.20. The van der Waals surface area contributed by atoms with Crippen LogP contribution in [0.25, 0.3) is 0 Å². The van der Waals surface area contributed by atoms with Crippen molar-refractivity contribution in [1.29, 1.82) is 0 Å². The molecule has 2 aliphatic heterocycles. The van der Waals surface area contributed by atoms with Gasteiger partial charge in [-0.3, -0.25) is 4.79 Å². The standard InChI is InChI=1S/C24H24F3N5O3/c25-24(26,27)19-4-2-1-3-18(19)22(33)32-13-16-11-31(12-17(16)14-32)20-7-8-21(30-29-20)35-23(34)28-10-9-15-5-6-15/h1-4,7-8,15H,5-6,9-14H2,(H,28,34). The smallest absolute Gasteiger partial charge is 0.390 e. The molecular formula is C24H24F3N5O3. The van der Waals surface area contributed by atoms with Crippen molar-refractivity contribution >= 4 is 17.8 Å². The number of carbonyl (C=O) groups is 2. The van der Waals surface area contributed by atoms with Crippen molar-refractivity contribution in [3.05, 3.63) is 58.7 Å². The third-order valence-corrected chi connectivity index (χ3v) is 6.44. The molecule has 0 unspecified atom stereocenters. The quantitative estimate of drug-likeness (QED) is 0.626. The average molecular weight is 487 g/mol. The highest BCUT2D eigenvalue weighted by atomic mass is 19.4. The second-order valence-electron chi connectivity index (χ2n) is 9.05. The molecule has 0 bridgehead atoms. The minimum Gasteiger partial charge on any atom is -0.390 e. The van der Waals surface area contributed by atoms with Gasteiger partial charge in [0.2, 0.25) is 5.88 Å². The van der Waals surface area contributed by atoms with E-state index in [0.717, 1.165) is 23.6 Å². The van der Waals surface area contributed by atoms with Crippen LogP contribution in [-0.2, 0) is 6.18 Å². The first kappa shape index (κ1) is 23.1. The Bertz CT molecular complexity index is 1140. The summed E-state index contributed by atoms with van der Waals surface area (Å²) in [6.45, 7) is 2.10. The van der Waals surface area contributed by atoms with E-state index in [1.807, 2.05) is 4.90 Å². The van der Waals surface area contributed by atoms with Crippen LogP contribution in [0.1, 0.15) is 35.2 Å². The molecule has 3 heterocycles. The number of benzene rings is 1. The minimum absolute atomic E-state index is 0.0949. The molecule has 184 valence electrons. The molecule has 1 fully saturated rings. The molecule has 3 aliphatic rings. The molecule has 1 saturated carbocycles. The third-order valence-electron chi connectivity index (χ3n) is 6.44. The fraction of sp³-hybridized carbons (Fsp3) is 0.417. The van der Waals surface area contributed by atoms with E-state index in [0.29, 0.717) is 31.4 Å². The summed E-state index contributed by atoms with van der Waals surface area (Å²) in [5.74, 6) is 0.764. The van der Waals surface area contributed by atoms with Gasteiger partial charge in [-0.2, -0.15) is 13.2 Å². The molecule has 0 saturated heterocycles. The van der Waals surface area contributed by atoms with Crippen LogP contribution in [0.4, 0.5) is 23.8 Å². The van der Waals surface area contributed by atoms with Gasteiger partial charge in [-0.1, -0.05) is 25.0 Å². The number of hydrogen-bond donors (Lipinski definition) is 1. The molecular weight excluding hydrogens is 463 g/mol. The Kier molecular flexibility index (Phi) is 6.08. The molecule has 11 heteroatoms. The number of aromatic nitrogens is 2. The lowest BCUT2D eigenvalue weighted by Crippen LogP contribution is -2.35. The van der Waals surface area contributed by atoms with Crippen LogP contribution in [0.3, 0.4) is 0 Å². The number of rotatable bonds is 6. The summed E-state index contributed by atoms with van der Waals surface area (Å²) in [6.07, 6.45) is -1.77.